The predicted molar refractivity (Wildman–Crippen MR) is 62.0 cm³/mol. The molecular weight excluding hydrogens is 206 g/mol. The maximum Gasteiger partial charge on any atom is 0.242 e. The molecule has 0 radical (unpaired) electrons. The van der Waals surface area contributed by atoms with E-state index in [2.05, 4.69) is 10.6 Å². The van der Waals surface area contributed by atoms with E-state index in [1.54, 1.807) is 0 Å². The van der Waals surface area contributed by atoms with Gasteiger partial charge in [0.05, 0.1) is 6.54 Å². The summed E-state index contributed by atoms with van der Waals surface area (Å²) in [6, 6.07) is 0.212. The van der Waals surface area contributed by atoms with Gasteiger partial charge in [0, 0.05) is 32.1 Å². The highest BCUT2D eigenvalue weighted by molar-refractivity contribution is 5.84. The monoisotopic (exact) mass is 227 g/mol. The Labute approximate surface area is 96.6 Å². The van der Waals surface area contributed by atoms with Crippen molar-refractivity contribution >= 4 is 11.8 Å². The Morgan fingerprint density at radius 2 is 2.25 bits per heavy atom. The highest BCUT2D eigenvalue weighted by Crippen LogP contribution is 2.02. The van der Waals surface area contributed by atoms with E-state index in [4.69, 9.17) is 0 Å². The van der Waals surface area contributed by atoms with E-state index in [1.165, 1.54) is 0 Å². The summed E-state index contributed by atoms with van der Waals surface area (Å²) < 4.78 is 0. The molecule has 5 heteroatoms. The SMILES string of the molecule is CCCC(=O)NCC(=O)N1CCNC[C@@H]1C. The molecule has 1 saturated heterocycles. The minimum atomic E-state index is -0.0429. The molecule has 0 aromatic carbocycles. The first-order chi connectivity index (χ1) is 7.65. The largest absolute Gasteiger partial charge is 0.347 e. The number of amides is 2. The minimum Gasteiger partial charge on any atom is -0.347 e. The summed E-state index contributed by atoms with van der Waals surface area (Å²) in [6.45, 7) is 6.47. The molecule has 1 aliphatic rings. The standard InChI is InChI=1S/C11H21N3O2/c1-3-4-10(15)13-8-11(16)14-6-5-12-7-9(14)2/h9,12H,3-8H2,1-2H3,(H,13,15)/t9-/m0/s1. The lowest BCUT2D eigenvalue weighted by atomic mass is 10.2. The quantitative estimate of drug-likeness (QED) is 0.694. The summed E-state index contributed by atoms with van der Waals surface area (Å²) in [5.74, 6) is -0.0305. The van der Waals surface area contributed by atoms with Crippen LogP contribution in [0.4, 0.5) is 0 Å². The highest BCUT2D eigenvalue weighted by Gasteiger charge is 2.22. The van der Waals surface area contributed by atoms with E-state index in [1.807, 2.05) is 18.7 Å². The maximum atomic E-state index is 11.8. The average molecular weight is 227 g/mol. The Morgan fingerprint density at radius 1 is 1.50 bits per heavy atom. The van der Waals surface area contributed by atoms with Crippen molar-refractivity contribution in [3.05, 3.63) is 0 Å². The smallest absolute Gasteiger partial charge is 0.242 e. The molecule has 0 aromatic rings. The number of carbonyl (C=O) groups excluding carboxylic acids is 2. The second-order valence-electron chi connectivity index (χ2n) is 4.17. The molecule has 5 nitrogen and oxygen atoms in total. The van der Waals surface area contributed by atoms with Gasteiger partial charge < -0.3 is 15.5 Å². The lowest BCUT2D eigenvalue weighted by molar-refractivity contribution is -0.135. The van der Waals surface area contributed by atoms with Crippen LogP contribution in [0.3, 0.4) is 0 Å². The number of piperazine rings is 1. The van der Waals surface area contributed by atoms with Crippen LogP contribution < -0.4 is 10.6 Å². The second kappa shape index (κ2) is 6.48. The van der Waals surface area contributed by atoms with Gasteiger partial charge >= 0.3 is 0 Å². The molecule has 2 amide bonds. The van der Waals surface area contributed by atoms with Crippen molar-refractivity contribution in [3.8, 4) is 0 Å². The summed E-state index contributed by atoms with van der Waals surface area (Å²) in [6.07, 6.45) is 1.30. The van der Waals surface area contributed by atoms with Gasteiger partial charge in [0.1, 0.15) is 0 Å². The van der Waals surface area contributed by atoms with Crippen LogP contribution in [0.5, 0.6) is 0 Å². The summed E-state index contributed by atoms with van der Waals surface area (Å²) in [5.41, 5.74) is 0. The molecule has 2 N–H and O–H groups in total. The van der Waals surface area contributed by atoms with Crippen LogP contribution in [-0.4, -0.2) is 48.9 Å². The van der Waals surface area contributed by atoms with Crippen molar-refractivity contribution in [1.29, 1.82) is 0 Å². The third kappa shape index (κ3) is 3.81. The molecular formula is C11H21N3O2. The number of nitrogens with zero attached hydrogens (tertiary/aromatic N) is 1. The van der Waals surface area contributed by atoms with Crippen molar-refractivity contribution in [3.63, 3.8) is 0 Å². The summed E-state index contributed by atoms with van der Waals surface area (Å²) >= 11 is 0. The predicted octanol–water partition coefficient (Wildman–Crippen LogP) is -0.277. The number of hydrogen-bond donors (Lipinski definition) is 2. The fraction of sp³-hybridized carbons (Fsp3) is 0.818. The van der Waals surface area contributed by atoms with Gasteiger partial charge in [-0.2, -0.15) is 0 Å². The Morgan fingerprint density at radius 3 is 2.88 bits per heavy atom. The molecule has 0 spiro atoms. The molecule has 0 saturated carbocycles. The molecule has 1 fully saturated rings. The third-order valence-electron chi connectivity index (χ3n) is 2.74. The Kier molecular flexibility index (Phi) is 5.25. The van der Waals surface area contributed by atoms with Crippen LogP contribution in [0.25, 0.3) is 0 Å². The zero-order valence-corrected chi connectivity index (χ0v) is 10.1. The summed E-state index contributed by atoms with van der Waals surface area (Å²) in [5, 5.41) is 5.87. The van der Waals surface area contributed by atoms with Crippen molar-refractivity contribution in [2.75, 3.05) is 26.2 Å². The van der Waals surface area contributed by atoms with E-state index in [0.29, 0.717) is 6.42 Å². The maximum absolute atomic E-state index is 11.8. The average Bonchev–Trinajstić information content (AvgIpc) is 2.27. The molecule has 1 rings (SSSR count). The first-order valence-corrected chi connectivity index (χ1v) is 5.92. The van der Waals surface area contributed by atoms with Gasteiger partial charge in [-0.05, 0) is 13.3 Å². The molecule has 0 aliphatic carbocycles. The van der Waals surface area contributed by atoms with E-state index in [0.717, 1.165) is 26.1 Å². The van der Waals surface area contributed by atoms with Gasteiger partial charge in [-0.3, -0.25) is 9.59 Å². The lowest BCUT2D eigenvalue weighted by Gasteiger charge is -2.34. The molecule has 0 bridgehead atoms. The van der Waals surface area contributed by atoms with Gasteiger partial charge in [0.25, 0.3) is 0 Å². The number of hydrogen-bond acceptors (Lipinski definition) is 3. The van der Waals surface area contributed by atoms with Crippen molar-refractivity contribution in [1.82, 2.24) is 15.5 Å². The van der Waals surface area contributed by atoms with Gasteiger partial charge in [-0.1, -0.05) is 6.92 Å². The number of nitrogens with one attached hydrogen (secondary N) is 2. The van der Waals surface area contributed by atoms with Crippen LogP contribution >= 0.6 is 0 Å². The lowest BCUT2D eigenvalue weighted by Crippen LogP contribution is -2.54. The fourth-order valence-corrected chi connectivity index (χ4v) is 1.80. The van der Waals surface area contributed by atoms with E-state index >= 15 is 0 Å². The van der Waals surface area contributed by atoms with Crippen molar-refractivity contribution in [2.45, 2.75) is 32.7 Å². The first-order valence-electron chi connectivity index (χ1n) is 5.92. The van der Waals surface area contributed by atoms with Crippen LogP contribution in [0, 0.1) is 0 Å². The Balaban J connectivity index is 2.31. The Hall–Kier alpha value is -1.10. The summed E-state index contributed by atoms with van der Waals surface area (Å²) in [4.78, 5) is 24.8. The van der Waals surface area contributed by atoms with Crippen molar-refractivity contribution < 1.29 is 9.59 Å². The van der Waals surface area contributed by atoms with Gasteiger partial charge in [0.2, 0.25) is 11.8 Å². The second-order valence-corrected chi connectivity index (χ2v) is 4.17. The van der Waals surface area contributed by atoms with Crippen LogP contribution in [0.15, 0.2) is 0 Å². The highest BCUT2D eigenvalue weighted by atomic mass is 16.2. The zero-order chi connectivity index (χ0) is 12.0. The van der Waals surface area contributed by atoms with E-state index in [-0.39, 0.29) is 24.4 Å². The third-order valence-corrected chi connectivity index (χ3v) is 2.74. The molecule has 1 atom stereocenters. The Bertz CT molecular complexity index is 256. The van der Waals surface area contributed by atoms with Crippen LogP contribution in [0.2, 0.25) is 0 Å². The minimum absolute atomic E-state index is 0.0125. The molecule has 92 valence electrons. The van der Waals surface area contributed by atoms with E-state index in [9.17, 15) is 9.59 Å². The molecule has 1 aliphatic heterocycles. The fourth-order valence-electron chi connectivity index (χ4n) is 1.80. The molecule has 0 aromatic heterocycles. The topological polar surface area (TPSA) is 61.4 Å². The molecule has 0 unspecified atom stereocenters. The zero-order valence-electron chi connectivity index (χ0n) is 10.1. The van der Waals surface area contributed by atoms with Crippen molar-refractivity contribution in [2.24, 2.45) is 0 Å². The number of carbonyl (C=O) groups is 2. The normalized spacial score (nSPS) is 20.6. The van der Waals surface area contributed by atoms with Gasteiger partial charge in [0.15, 0.2) is 0 Å². The molecule has 16 heavy (non-hydrogen) atoms. The van der Waals surface area contributed by atoms with Gasteiger partial charge in [-0.15, -0.1) is 0 Å². The van der Waals surface area contributed by atoms with Crippen LogP contribution in [-0.2, 0) is 9.59 Å². The van der Waals surface area contributed by atoms with Gasteiger partial charge in [-0.25, -0.2) is 0 Å². The first kappa shape index (κ1) is 13.0. The molecule has 1 heterocycles. The van der Waals surface area contributed by atoms with Crippen LogP contribution in [0.1, 0.15) is 26.7 Å². The number of rotatable bonds is 4. The van der Waals surface area contributed by atoms with E-state index < -0.39 is 0 Å². The summed E-state index contributed by atoms with van der Waals surface area (Å²) in [7, 11) is 0.